The molecule has 126 valence electrons. The number of amidine groups is 1. The second-order valence-electron chi connectivity index (χ2n) is 7.17. The van der Waals surface area contributed by atoms with E-state index < -0.39 is 0 Å². The van der Waals surface area contributed by atoms with Crippen molar-refractivity contribution in [3.63, 3.8) is 0 Å². The molecule has 0 aliphatic rings. The monoisotopic (exact) mass is 331 g/mol. The van der Waals surface area contributed by atoms with Crippen LogP contribution in [0.2, 0.25) is 0 Å². The highest BCUT2D eigenvalue weighted by molar-refractivity contribution is 8.14. The lowest BCUT2D eigenvalue weighted by Gasteiger charge is -2.29. The van der Waals surface area contributed by atoms with E-state index in [1.54, 1.807) is 0 Å². The third kappa shape index (κ3) is 6.27. The molecule has 23 heavy (non-hydrogen) atoms. The molecule has 4 heteroatoms. The lowest BCUT2D eigenvalue weighted by Crippen LogP contribution is -2.23. The smallest absolute Gasteiger partial charge is 0.151 e. The zero-order valence-corrected chi connectivity index (χ0v) is 15.7. The first kappa shape index (κ1) is 19.6. The van der Waals surface area contributed by atoms with Crippen LogP contribution in [0.1, 0.15) is 64.5 Å². The van der Waals surface area contributed by atoms with Crippen LogP contribution in [-0.4, -0.2) is 10.4 Å². The molecule has 0 aliphatic heterocycles. The molecule has 0 fully saturated rings. The third-order valence-electron chi connectivity index (χ3n) is 4.29. The van der Waals surface area contributed by atoms with Gasteiger partial charge in [0, 0.05) is 11.2 Å². The van der Waals surface area contributed by atoms with Crippen LogP contribution in [0.3, 0.4) is 0 Å². The van der Waals surface area contributed by atoms with Gasteiger partial charge >= 0.3 is 0 Å². The van der Waals surface area contributed by atoms with Gasteiger partial charge in [0.2, 0.25) is 0 Å². The first-order chi connectivity index (χ1) is 10.7. The van der Waals surface area contributed by atoms with E-state index in [0.717, 1.165) is 12.8 Å². The molecule has 0 aromatic heterocycles. The molecular weight excluding hydrogens is 302 g/mol. The molecule has 0 saturated carbocycles. The fourth-order valence-corrected chi connectivity index (χ4v) is 4.01. The topological polar surface area (TPSA) is 73.7 Å². The number of nitrogens with zero attached hydrogens (tertiary/aromatic N) is 1. The lowest BCUT2D eigenvalue weighted by atomic mass is 9.79. The van der Waals surface area contributed by atoms with Crippen LogP contribution < -0.4 is 5.73 Å². The van der Waals surface area contributed by atoms with Gasteiger partial charge in [-0.05, 0) is 42.2 Å². The maximum atomic E-state index is 9.01. The molecule has 1 aromatic rings. The molecule has 0 bridgehead atoms. The maximum absolute atomic E-state index is 9.01. The number of benzene rings is 1. The molecule has 3 N–H and O–H groups in total. The summed E-state index contributed by atoms with van der Waals surface area (Å²) in [5.41, 5.74) is 8.12. The van der Waals surface area contributed by atoms with E-state index in [9.17, 15) is 0 Å². The van der Waals surface area contributed by atoms with E-state index in [2.05, 4.69) is 58.0 Å². The van der Waals surface area contributed by atoms with Gasteiger partial charge in [-0.1, -0.05) is 63.7 Å². The van der Waals surface area contributed by atoms with E-state index in [4.69, 9.17) is 16.4 Å². The lowest BCUT2D eigenvalue weighted by molar-refractivity contribution is 0.478. The molecule has 1 aromatic carbocycles. The number of nitriles is 1. The van der Waals surface area contributed by atoms with Crippen LogP contribution in [0.4, 0.5) is 0 Å². The number of hydrogen-bond donors (Lipinski definition) is 2. The molecule has 0 heterocycles. The number of hydrogen-bond acceptors (Lipinski definition) is 3. The van der Waals surface area contributed by atoms with Crippen molar-refractivity contribution in [1.29, 1.82) is 10.7 Å². The summed E-state index contributed by atoms with van der Waals surface area (Å²) in [6.07, 6.45) is 1.85. The predicted molar refractivity (Wildman–Crippen MR) is 101 cm³/mol. The van der Waals surface area contributed by atoms with Gasteiger partial charge in [0.25, 0.3) is 0 Å². The fourth-order valence-electron chi connectivity index (χ4n) is 3.08. The van der Waals surface area contributed by atoms with Crippen LogP contribution in [0.25, 0.3) is 0 Å². The Kier molecular flexibility index (Phi) is 7.15. The minimum Gasteiger partial charge on any atom is -0.379 e. The normalized spacial score (nSPS) is 15.5. The fraction of sp³-hybridized carbons (Fsp3) is 0.579. The van der Waals surface area contributed by atoms with E-state index in [0.29, 0.717) is 11.2 Å². The average molecular weight is 332 g/mol. The zero-order chi connectivity index (χ0) is 17.6. The highest BCUT2D eigenvalue weighted by atomic mass is 32.2. The van der Waals surface area contributed by atoms with Crippen molar-refractivity contribution in [3.8, 4) is 6.07 Å². The summed E-state index contributed by atoms with van der Waals surface area (Å²) in [5.74, 6) is 0.457. The zero-order valence-electron chi connectivity index (χ0n) is 14.9. The molecular formula is C19H29N3S. The first-order valence-corrected chi connectivity index (χ1v) is 9.04. The first-order valence-electron chi connectivity index (χ1n) is 8.16. The van der Waals surface area contributed by atoms with Crippen LogP contribution >= 0.6 is 11.8 Å². The Hall–Kier alpha value is -1.47. The largest absolute Gasteiger partial charge is 0.379 e. The molecule has 3 nitrogen and oxygen atoms in total. The van der Waals surface area contributed by atoms with Gasteiger partial charge in [-0.2, -0.15) is 5.26 Å². The van der Waals surface area contributed by atoms with Gasteiger partial charge in [-0.15, -0.1) is 0 Å². The van der Waals surface area contributed by atoms with Gasteiger partial charge in [-0.25, -0.2) is 0 Å². The number of thioether (sulfide) groups is 1. The van der Waals surface area contributed by atoms with Crippen LogP contribution in [-0.2, 0) is 5.41 Å². The van der Waals surface area contributed by atoms with Crippen LogP contribution in [0.5, 0.6) is 0 Å². The average Bonchev–Trinajstić information content (AvgIpc) is 2.45. The Bertz CT molecular complexity index is 574. The van der Waals surface area contributed by atoms with Crippen molar-refractivity contribution in [2.24, 2.45) is 11.7 Å². The van der Waals surface area contributed by atoms with Crippen molar-refractivity contribution in [2.75, 3.05) is 0 Å². The SMILES string of the molecule is CC(C#N)CC(C)c1cccc(C(C)(C)CC(C)SC(=N)N)c1. The molecule has 0 spiro atoms. The number of nitrogens with two attached hydrogens (primary N) is 1. The van der Waals surface area contributed by atoms with Crippen LogP contribution in [0, 0.1) is 22.7 Å². The summed E-state index contributed by atoms with van der Waals surface area (Å²) < 4.78 is 0. The van der Waals surface area contributed by atoms with Crippen molar-refractivity contribution in [1.82, 2.24) is 0 Å². The highest BCUT2D eigenvalue weighted by Crippen LogP contribution is 2.34. The van der Waals surface area contributed by atoms with Crippen molar-refractivity contribution < 1.29 is 0 Å². The Morgan fingerprint density at radius 1 is 1.35 bits per heavy atom. The number of nitrogens with one attached hydrogen (secondary N) is 1. The Morgan fingerprint density at radius 2 is 2.00 bits per heavy atom. The molecule has 0 radical (unpaired) electrons. The Labute approximate surface area is 145 Å². The Morgan fingerprint density at radius 3 is 2.57 bits per heavy atom. The summed E-state index contributed by atoms with van der Waals surface area (Å²) in [5, 5.41) is 16.9. The van der Waals surface area contributed by atoms with Crippen molar-refractivity contribution in [2.45, 2.75) is 64.0 Å². The van der Waals surface area contributed by atoms with E-state index in [1.807, 2.05) is 6.92 Å². The molecule has 0 saturated heterocycles. The van der Waals surface area contributed by atoms with Gasteiger partial charge in [0.1, 0.15) is 0 Å². The van der Waals surface area contributed by atoms with E-state index in [1.165, 1.54) is 22.9 Å². The molecule has 3 atom stereocenters. The number of rotatable bonds is 7. The van der Waals surface area contributed by atoms with Crippen molar-refractivity contribution in [3.05, 3.63) is 35.4 Å². The Balaban J connectivity index is 2.89. The van der Waals surface area contributed by atoms with E-state index >= 15 is 0 Å². The standard InChI is InChI=1S/C19H29N3S/c1-13(12-20)9-14(2)16-7-6-8-17(10-16)19(4,5)11-15(3)23-18(21)22/h6-8,10,13-15H,9,11H2,1-5H3,(H3,21,22). The summed E-state index contributed by atoms with van der Waals surface area (Å²) in [6.45, 7) is 10.8. The minimum atomic E-state index is 0.0262. The third-order valence-corrected chi connectivity index (χ3v) is 5.11. The summed E-state index contributed by atoms with van der Waals surface area (Å²) in [6, 6.07) is 11.0. The molecule has 0 amide bonds. The van der Waals surface area contributed by atoms with E-state index in [-0.39, 0.29) is 16.5 Å². The second kappa shape index (κ2) is 8.40. The molecule has 0 aliphatic carbocycles. The minimum absolute atomic E-state index is 0.0262. The summed E-state index contributed by atoms with van der Waals surface area (Å²) in [7, 11) is 0. The molecule has 1 rings (SSSR count). The molecule has 3 unspecified atom stereocenters. The highest BCUT2D eigenvalue weighted by Gasteiger charge is 2.25. The van der Waals surface area contributed by atoms with Crippen molar-refractivity contribution >= 4 is 16.9 Å². The van der Waals surface area contributed by atoms with Gasteiger partial charge < -0.3 is 5.73 Å². The summed E-state index contributed by atoms with van der Waals surface area (Å²) >= 11 is 1.42. The van der Waals surface area contributed by atoms with Gasteiger partial charge in [0.05, 0.1) is 6.07 Å². The van der Waals surface area contributed by atoms with Crippen LogP contribution in [0.15, 0.2) is 24.3 Å². The predicted octanol–water partition coefficient (Wildman–Crippen LogP) is 5.02. The quantitative estimate of drug-likeness (QED) is 0.544. The second-order valence-corrected chi connectivity index (χ2v) is 8.65. The van der Waals surface area contributed by atoms with Gasteiger partial charge in [-0.3, -0.25) is 5.41 Å². The van der Waals surface area contributed by atoms with Gasteiger partial charge in [0.15, 0.2) is 5.17 Å². The maximum Gasteiger partial charge on any atom is 0.151 e. The summed E-state index contributed by atoms with van der Waals surface area (Å²) in [4.78, 5) is 0.